The molecule has 0 atom stereocenters. The average molecular weight is 329 g/mol. The Hall–Kier alpha value is -0.940. The normalized spacial score (nSPS) is 17.1. The van der Waals surface area contributed by atoms with E-state index in [4.69, 9.17) is 0 Å². The Morgan fingerprint density at radius 2 is 2.16 bits per heavy atom. The van der Waals surface area contributed by atoms with Gasteiger partial charge < -0.3 is 10.2 Å². The molecule has 3 nitrogen and oxygen atoms in total. The summed E-state index contributed by atoms with van der Waals surface area (Å²) < 4.78 is 13.4. The van der Waals surface area contributed by atoms with Gasteiger partial charge in [0.25, 0.3) is 5.91 Å². The summed E-state index contributed by atoms with van der Waals surface area (Å²) in [6.07, 6.45) is 3.41. The number of nitrogens with one attached hydrogen (secondary N) is 1. The smallest absolute Gasteiger partial charge is 0.251 e. The standard InChI is InChI=1S/C14H18BrFN2O/c1-18(2)14(6-3-7-14)9-17-13(19)10-4-5-12(16)11(15)8-10/h4-5,8H,3,6-7,9H2,1-2H3,(H,17,19). The maximum absolute atomic E-state index is 13.1. The first kappa shape index (κ1) is 14.5. The van der Waals surface area contributed by atoms with Gasteiger partial charge in [-0.15, -0.1) is 0 Å². The van der Waals surface area contributed by atoms with E-state index in [0.717, 1.165) is 12.8 Å². The third kappa shape index (κ3) is 2.98. The minimum absolute atomic E-state index is 0.0902. The van der Waals surface area contributed by atoms with Gasteiger partial charge in [-0.25, -0.2) is 4.39 Å². The molecule has 5 heteroatoms. The highest BCUT2D eigenvalue weighted by atomic mass is 79.9. The fraction of sp³-hybridized carbons (Fsp3) is 0.500. The molecule has 1 aromatic carbocycles. The Balaban J connectivity index is 1.99. The molecule has 2 rings (SSSR count). The van der Waals surface area contributed by atoms with E-state index in [1.165, 1.54) is 24.6 Å². The van der Waals surface area contributed by atoms with Gasteiger partial charge in [0, 0.05) is 17.6 Å². The highest BCUT2D eigenvalue weighted by Gasteiger charge is 2.39. The van der Waals surface area contributed by atoms with Crippen molar-refractivity contribution in [2.45, 2.75) is 24.8 Å². The molecule has 1 aromatic rings. The summed E-state index contributed by atoms with van der Waals surface area (Å²) >= 11 is 3.09. The molecule has 1 saturated carbocycles. The summed E-state index contributed by atoms with van der Waals surface area (Å²) in [6, 6.07) is 4.30. The fourth-order valence-corrected chi connectivity index (χ4v) is 2.73. The Labute approximate surface area is 121 Å². The van der Waals surface area contributed by atoms with Crippen LogP contribution in [-0.4, -0.2) is 37.0 Å². The van der Waals surface area contributed by atoms with Crippen LogP contribution in [0, 0.1) is 5.82 Å². The summed E-state index contributed by atoms with van der Waals surface area (Å²) in [5.74, 6) is -0.519. The summed E-state index contributed by atoms with van der Waals surface area (Å²) in [6.45, 7) is 0.633. The van der Waals surface area contributed by atoms with E-state index in [-0.39, 0.29) is 17.3 Å². The Kier molecular flexibility index (Phi) is 4.26. The van der Waals surface area contributed by atoms with Crippen molar-refractivity contribution in [2.75, 3.05) is 20.6 Å². The number of benzene rings is 1. The van der Waals surface area contributed by atoms with Crippen LogP contribution in [0.3, 0.4) is 0 Å². The molecule has 1 aliphatic rings. The Morgan fingerprint density at radius 1 is 1.47 bits per heavy atom. The van der Waals surface area contributed by atoms with Crippen LogP contribution in [0.2, 0.25) is 0 Å². The summed E-state index contributed by atoms with van der Waals surface area (Å²) in [5.41, 5.74) is 0.564. The Bertz CT molecular complexity index is 486. The average Bonchev–Trinajstić information content (AvgIpc) is 2.30. The van der Waals surface area contributed by atoms with Gasteiger partial charge in [-0.05, 0) is 67.5 Å². The minimum Gasteiger partial charge on any atom is -0.350 e. The molecule has 104 valence electrons. The quantitative estimate of drug-likeness (QED) is 0.921. The molecule has 0 saturated heterocycles. The molecule has 0 heterocycles. The summed E-state index contributed by atoms with van der Waals surface area (Å²) in [5, 5.41) is 2.95. The molecule has 1 aliphatic carbocycles. The number of amides is 1. The zero-order valence-electron chi connectivity index (χ0n) is 11.2. The van der Waals surface area contributed by atoms with Crippen LogP contribution in [0.15, 0.2) is 22.7 Å². The van der Waals surface area contributed by atoms with Crippen LogP contribution in [-0.2, 0) is 0 Å². The first-order valence-electron chi connectivity index (χ1n) is 6.35. The van der Waals surface area contributed by atoms with Crippen molar-refractivity contribution in [1.82, 2.24) is 10.2 Å². The third-order valence-electron chi connectivity index (χ3n) is 3.99. The van der Waals surface area contributed by atoms with E-state index in [1.807, 2.05) is 14.1 Å². The highest BCUT2D eigenvalue weighted by molar-refractivity contribution is 9.10. The lowest BCUT2D eigenvalue weighted by molar-refractivity contribution is 0.0557. The van der Waals surface area contributed by atoms with Gasteiger partial charge in [-0.2, -0.15) is 0 Å². The molecule has 19 heavy (non-hydrogen) atoms. The van der Waals surface area contributed by atoms with Crippen LogP contribution in [0.4, 0.5) is 4.39 Å². The monoisotopic (exact) mass is 328 g/mol. The van der Waals surface area contributed by atoms with Crippen molar-refractivity contribution in [1.29, 1.82) is 0 Å². The topological polar surface area (TPSA) is 32.3 Å². The van der Waals surface area contributed by atoms with Crippen LogP contribution >= 0.6 is 15.9 Å². The molecule has 1 amide bonds. The van der Waals surface area contributed by atoms with Gasteiger partial charge in [0.15, 0.2) is 0 Å². The van der Waals surface area contributed by atoms with Gasteiger partial charge in [0.05, 0.1) is 4.47 Å². The van der Waals surface area contributed by atoms with E-state index in [2.05, 4.69) is 26.1 Å². The van der Waals surface area contributed by atoms with Crippen LogP contribution in [0.1, 0.15) is 29.6 Å². The first-order valence-corrected chi connectivity index (χ1v) is 7.15. The molecule has 0 bridgehead atoms. The van der Waals surface area contributed by atoms with E-state index >= 15 is 0 Å². The van der Waals surface area contributed by atoms with Crippen molar-refractivity contribution in [3.05, 3.63) is 34.1 Å². The second-order valence-electron chi connectivity index (χ2n) is 5.28. The molecule has 1 N–H and O–H groups in total. The van der Waals surface area contributed by atoms with E-state index in [0.29, 0.717) is 16.6 Å². The van der Waals surface area contributed by atoms with Gasteiger partial charge in [-0.3, -0.25) is 4.79 Å². The SMILES string of the molecule is CN(C)C1(CNC(=O)c2ccc(F)c(Br)c2)CCC1. The van der Waals surface area contributed by atoms with Gasteiger partial charge in [-0.1, -0.05) is 0 Å². The van der Waals surface area contributed by atoms with Gasteiger partial charge in [0.1, 0.15) is 5.82 Å². The zero-order valence-corrected chi connectivity index (χ0v) is 12.8. The molecule has 1 fully saturated rings. The van der Waals surface area contributed by atoms with Crippen LogP contribution in [0.5, 0.6) is 0 Å². The minimum atomic E-state index is -0.361. The maximum Gasteiger partial charge on any atom is 0.251 e. The molecule has 0 unspecified atom stereocenters. The molecule has 0 aromatic heterocycles. The highest BCUT2D eigenvalue weighted by Crippen LogP contribution is 2.35. The predicted molar refractivity (Wildman–Crippen MR) is 76.7 cm³/mol. The number of rotatable bonds is 4. The molecule has 0 radical (unpaired) electrons. The number of nitrogens with zero attached hydrogens (tertiary/aromatic N) is 1. The van der Waals surface area contributed by atoms with Crippen molar-refractivity contribution in [3.63, 3.8) is 0 Å². The van der Waals surface area contributed by atoms with Crippen molar-refractivity contribution < 1.29 is 9.18 Å². The number of hydrogen-bond donors (Lipinski definition) is 1. The molecular formula is C14H18BrFN2O. The van der Waals surface area contributed by atoms with Gasteiger partial charge >= 0.3 is 0 Å². The largest absolute Gasteiger partial charge is 0.350 e. The van der Waals surface area contributed by atoms with Crippen molar-refractivity contribution in [3.8, 4) is 0 Å². The van der Waals surface area contributed by atoms with Crippen LogP contribution in [0.25, 0.3) is 0 Å². The number of carbonyl (C=O) groups excluding carboxylic acids is 1. The van der Waals surface area contributed by atoms with E-state index < -0.39 is 0 Å². The Morgan fingerprint density at radius 3 is 2.63 bits per heavy atom. The number of halogens is 2. The lowest BCUT2D eigenvalue weighted by Gasteiger charge is -2.47. The first-order chi connectivity index (χ1) is 8.94. The zero-order chi connectivity index (χ0) is 14.0. The van der Waals surface area contributed by atoms with Crippen LogP contribution < -0.4 is 5.32 Å². The predicted octanol–water partition coefficient (Wildman–Crippen LogP) is 2.80. The lowest BCUT2D eigenvalue weighted by atomic mass is 9.75. The van der Waals surface area contributed by atoms with Crippen molar-refractivity contribution >= 4 is 21.8 Å². The molecule has 0 aliphatic heterocycles. The maximum atomic E-state index is 13.1. The molecular weight excluding hydrogens is 311 g/mol. The number of likely N-dealkylation sites (N-methyl/N-ethyl adjacent to an activating group) is 1. The second-order valence-corrected chi connectivity index (χ2v) is 6.14. The number of hydrogen-bond acceptors (Lipinski definition) is 2. The van der Waals surface area contributed by atoms with Gasteiger partial charge in [0.2, 0.25) is 0 Å². The second kappa shape index (κ2) is 5.59. The van der Waals surface area contributed by atoms with E-state index in [1.54, 1.807) is 0 Å². The van der Waals surface area contributed by atoms with Crippen molar-refractivity contribution in [2.24, 2.45) is 0 Å². The third-order valence-corrected chi connectivity index (χ3v) is 4.60. The number of carbonyl (C=O) groups is 1. The molecule has 0 spiro atoms. The fourth-order valence-electron chi connectivity index (χ4n) is 2.35. The lowest BCUT2D eigenvalue weighted by Crippen LogP contribution is -2.57. The summed E-state index contributed by atoms with van der Waals surface area (Å²) in [7, 11) is 4.08. The van der Waals surface area contributed by atoms with E-state index in [9.17, 15) is 9.18 Å². The summed E-state index contributed by atoms with van der Waals surface area (Å²) in [4.78, 5) is 14.2.